The largest absolute Gasteiger partial charge is 0.341 e. The quantitative estimate of drug-likeness (QED) is 0.864. The van der Waals surface area contributed by atoms with Crippen LogP contribution in [0, 0.1) is 0 Å². The van der Waals surface area contributed by atoms with Crippen molar-refractivity contribution in [2.24, 2.45) is 0 Å². The lowest BCUT2D eigenvalue weighted by atomic mass is 10.0. The van der Waals surface area contributed by atoms with Gasteiger partial charge in [-0.3, -0.25) is 4.79 Å². The molecule has 1 atom stereocenters. The van der Waals surface area contributed by atoms with Crippen LogP contribution < -0.4 is 5.32 Å². The molecule has 0 aliphatic carbocycles. The van der Waals surface area contributed by atoms with Crippen LogP contribution in [0.4, 0.5) is 0 Å². The summed E-state index contributed by atoms with van der Waals surface area (Å²) in [5.74, 6) is 0.207. The van der Waals surface area contributed by atoms with Gasteiger partial charge < -0.3 is 10.2 Å². The molecule has 1 heterocycles. The first-order valence-electron chi connectivity index (χ1n) is 6.34. The molecule has 1 amide bonds. The van der Waals surface area contributed by atoms with E-state index in [0.717, 1.165) is 31.5 Å². The highest BCUT2D eigenvalue weighted by Gasteiger charge is 2.25. The van der Waals surface area contributed by atoms with Crippen molar-refractivity contribution in [2.75, 3.05) is 20.1 Å². The zero-order chi connectivity index (χ0) is 12.1. The summed E-state index contributed by atoms with van der Waals surface area (Å²) >= 11 is 0. The van der Waals surface area contributed by atoms with Crippen molar-refractivity contribution in [3.05, 3.63) is 35.9 Å². The molecule has 0 unspecified atom stereocenters. The second-order valence-electron chi connectivity index (χ2n) is 4.52. The fraction of sp³-hybridized carbons (Fsp3) is 0.500. The number of likely N-dealkylation sites (N-methyl/N-ethyl adjacent to an activating group) is 1. The van der Waals surface area contributed by atoms with E-state index in [0.29, 0.717) is 0 Å². The number of amides is 1. The first kappa shape index (κ1) is 12.1. The van der Waals surface area contributed by atoms with Crippen LogP contribution >= 0.6 is 0 Å². The number of hydrogen-bond acceptors (Lipinski definition) is 2. The molecule has 0 saturated carbocycles. The van der Waals surface area contributed by atoms with Crippen molar-refractivity contribution in [1.29, 1.82) is 0 Å². The smallest absolute Gasteiger partial charge is 0.244 e. The maximum Gasteiger partial charge on any atom is 0.244 e. The third-order valence-electron chi connectivity index (χ3n) is 3.34. The van der Waals surface area contributed by atoms with Crippen LogP contribution in [0.25, 0.3) is 0 Å². The Hall–Kier alpha value is -1.35. The molecule has 0 radical (unpaired) electrons. The van der Waals surface area contributed by atoms with Gasteiger partial charge in [-0.2, -0.15) is 0 Å². The molecule has 1 saturated heterocycles. The molecule has 2 rings (SSSR count). The minimum atomic E-state index is -0.200. The summed E-state index contributed by atoms with van der Waals surface area (Å²) < 4.78 is 0. The van der Waals surface area contributed by atoms with Crippen LogP contribution in [0.1, 0.15) is 30.9 Å². The monoisotopic (exact) mass is 232 g/mol. The van der Waals surface area contributed by atoms with E-state index in [4.69, 9.17) is 0 Å². The van der Waals surface area contributed by atoms with E-state index in [-0.39, 0.29) is 11.9 Å². The predicted molar refractivity (Wildman–Crippen MR) is 68.7 cm³/mol. The second kappa shape index (κ2) is 5.82. The summed E-state index contributed by atoms with van der Waals surface area (Å²) in [6.45, 7) is 1.81. The fourth-order valence-corrected chi connectivity index (χ4v) is 2.38. The van der Waals surface area contributed by atoms with Crippen molar-refractivity contribution in [3.8, 4) is 0 Å². The van der Waals surface area contributed by atoms with Gasteiger partial charge in [0.05, 0.1) is 0 Å². The van der Waals surface area contributed by atoms with Gasteiger partial charge in [0.1, 0.15) is 6.04 Å². The topological polar surface area (TPSA) is 32.3 Å². The molecule has 0 bridgehead atoms. The highest BCUT2D eigenvalue weighted by atomic mass is 16.2. The molecule has 1 aliphatic heterocycles. The van der Waals surface area contributed by atoms with Crippen molar-refractivity contribution in [3.63, 3.8) is 0 Å². The van der Waals surface area contributed by atoms with Gasteiger partial charge in [0.25, 0.3) is 0 Å². The van der Waals surface area contributed by atoms with Gasteiger partial charge in [-0.05, 0) is 31.9 Å². The number of rotatable bonds is 3. The standard InChI is InChI=1S/C14H20N2O/c1-15-13(12-8-4-2-5-9-12)14(17)16-10-6-3-7-11-16/h2,4-5,8-9,13,15H,3,6-7,10-11H2,1H3/t13-/m0/s1. The second-order valence-corrected chi connectivity index (χ2v) is 4.52. The van der Waals surface area contributed by atoms with Gasteiger partial charge in [0.2, 0.25) is 5.91 Å². The van der Waals surface area contributed by atoms with E-state index in [2.05, 4.69) is 5.32 Å². The number of likely N-dealkylation sites (tertiary alicyclic amines) is 1. The van der Waals surface area contributed by atoms with E-state index in [1.807, 2.05) is 42.3 Å². The molecule has 0 aromatic heterocycles. The number of hydrogen-bond donors (Lipinski definition) is 1. The van der Waals surface area contributed by atoms with Crippen LogP contribution in [0.2, 0.25) is 0 Å². The third-order valence-corrected chi connectivity index (χ3v) is 3.34. The van der Waals surface area contributed by atoms with Crippen LogP contribution in [0.5, 0.6) is 0 Å². The van der Waals surface area contributed by atoms with Crippen molar-refractivity contribution >= 4 is 5.91 Å². The van der Waals surface area contributed by atoms with E-state index < -0.39 is 0 Å². The van der Waals surface area contributed by atoms with Gasteiger partial charge in [-0.15, -0.1) is 0 Å². The number of carbonyl (C=O) groups is 1. The Morgan fingerprint density at radius 3 is 2.41 bits per heavy atom. The molecule has 1 aromatic carbocycles. The van der Waals surface area contributed by atoms with Gasteiger partial charge in [0.15, 0.2) is 0 Å². The Labute approximate surface area is 103 Å². The molecule has 0 spiro atoms. The van der Waals surface area contributed by atoms with Crippen LogP contribution in [-0.4, -0.2) is 30.9 Å². The average Bonchev–Trinajstić information content (AvgIpc) is 2.42. The summed E-state index contributed by atoms with van der Waals surface area (Å²) in [5.41, 5.74) is 1.05. The normalized spacial score (nSPS) is 17.8. The number of nitrogens with zero attached hydrogens (tertiary/aromatic N) is 1. The Bertz CT molecular complexity index is 358. The van der Waals surface area contributed by atoms with Crippen molar-refractivity contribution in [2.45, 2.75) is 25.3 Å². The van der Waals surface area contributed by atoms with Gasteiger partial charge in [-0.25, -0.2) is 0 Å². The van der Waals surface area contributed by atoms with E-state index in [1.165, 1.54) is 6.42 Å². The lowest BCUT2D eigenvalue weighted by Crippen LogP contribution is -2.42. The van der Waals surface area contributed by atoms with Crippen LogP contribution in [-0.2, 0) is 4.79 Å². The molecule has 3 heteroatoms. The Morgan fingerprint density at radius 1 is 1.18 bits per heavy atom. The molecular weight excluding hydrogens is 212 g/mol. The van der Waals surface area contributed by atoms with Gasteiger partial charge in [-0.1, -0.05) is 30.3 Å². The molecule has 17 heavy (non-hydrogen) atoms. The molecule has 1 fully saturated rings. The Balaban J connectivity index is 2.10. The maximum absolute atomic E-state index is 12.4. The third kappa shape index (κ3) is 2.86. The molecule has 1 aromatic rings. The van der Waals surface area contributed by atoms with E-state index in [9.17, 15) is 4.79 Å². The highest BCUT2D eigenvalue weighted by Crippen LogP contribution is 2.18. The van der Waals surface area contributed by atoms with Crippen molar-refractivity contribution < 1.29 is 4.79 Å². The SMILES string of the molecule is CN[C@H](C(=O)N1CCCCC1)c1ccccc1. The Kier molecular flexibility index (Phi) is 4.15. The maximum atomic E-state index is 12.4. The number of piperidine rings is 1. The van der Waals surface area contributed by atoms with Crippen LogP contribution in [0.15, 0.2) is 30.3 Å². The number of nitrogens with one attached hydrogen (secondary N) is 1. The van der Waals surface area contributed by atoms with Crippen LogP contribution in [0.3, 0.4) is 0 Å². The summed E-state index contributed by atoms with van der Waals surface area (Å²) in [4.78, 5) is 14.4. The average molecular weight is 232 g/mol. The summed E-state index contributed by atoms with van der Waals surface area (Å²) in [5, 5.41) is 3.12. The highest BCUT2D eigenvalue weighted by molar-refractivity contribution is 5.83. The molecule has 1 N–H and O–H groups in total. The number of carbonyl (C=O) groups excluding carboxylic acids is 1. The predicted octanol–water partition coefficient (Wildman–Crippen LogP) is 1.96. The van der Waals surface area contributed by atoms with E-state index in [1.54, 1.807) is 0 Å². The van der Waals surface area contributed by atoms with E-state index >= 15 is 0 Å². The lowest BCUT2D eigenvalue weighted by Gasteiger charge is -2.30. The zero-order valence-corrected chi connectivity index (χ0v) is 10.4. The summed E-state index contributed by atoms with van der Waals surface area (Å²) in [7, 11) is 1.85. The van der Waals surface area contributed by atoms with Gasteiger partial charge in [0, 0.05) is 13.1 Å². The zero-order valence-electron chi connectivity index (χ0n) is 10.4. The fourth-order valence-electron chi connectivity index (χ4n) is 2.38. The lowest BCUT2D eigenvalue weighted by molar-refractivity contribution is -0.134. The molecule has 92 valence electrons. The molecule has 3 nitrogen and oxygen atoms in total. The summed E-state index contributed by atoms with van der Waals surface area (Å²) in [6.07, 6.45) is 3.52. The first-order valence-corrected chi connectivity index (χ1v) is 6.34. The minimum absolute atomic E-state index is 0.200. The minimum Gasteiger partial charge on any atom is -0.341 e. The number of benzene rings is 1. The summed E-state index contributed by atoms with van der Waals surface area (Å²) in [6, 6.07) is 9.73. The Morgan fingerprint density at radius 2 is 1.82 bits per heavy atom. The molecule has 1 aliphatic rings. The van der Waals surface area contributed by atoms with Gasteiger partial charge >= 0.3 is 0 Å². The first-order chi connectivity index (χ1) is 8.33. The molecular formula is C14H20N2O. The van der Waals surface area contributed by atoms with Crippen molar-refractivity contribution in [1.82, 2.24) is 10.2 Å².